The van der Waals surface area contributed by atoms with E-state index in [1.807, 2.05) is 0 Å². The maximum atomic E-state index is 13.1. The first-order valence-corrected chi connectivity index (χ1v) is 9.87. The fourth-order valence-electron chi connectivity index (χ4n) is 3.26. The van der Waals surface area contributed by atoms with E-state index in [1.165, 1.54) is 11.1 Å². The normalized spacial score (nSPS) is 16.4. The Morgan fingerprint density at radius 2 is 1.86 bits per heavy atom. The molecule has 1 aliphatic heterocycles. The number of aliphatic hydroxyl groups excluding tert-OH is 1. The zero-order chi connectivity index (χ0) is 20.5. The maximum Gasteiger partial charge on any atom is 0.294 e. The van der Waals surface area contributed by atoms with Gasteiger partial charge in [-0.15, -0.1) is 11.3 Å². The predicted octanol–water partition coefficient (Wildman–Crippen LogP) is 4.59. The summed E-state index contributed by atoms with van der Waals surface area (Å²) in [6.07, 6.45) is 1.51. The van der Waals surface area contributed by atoms with Crippen LogP contribution in [0.1, 0.15) is 21.4 Å². The number of methoxy groups -OCH3 is 1. The molecule has 0 saturated heterocycles. The van der Waals surface area contributed by atoms with E-state index in [1.54, 1.807) is 61.0 Å². The van der Waals surface area contributed by atoms with E-state index in [2.05, 4.69) is 4.98 Å². The molecule has 2 heterocycles. The number of nitrogens with zero attached hydrogens (tertiary/aromatic N) is 2. The van der Waals surface area contributed by atoms with Crippen molar-refractivity contribution in [1.82, 2.24) is 4.98 Å². The van der Waals surface area contributed by atoms with E-state index in [0.29, 0.717) is 22.0 Å². The minimum absolute atomic E-state index is 0.00920. The molecule has 6 nitrogen and oxygen atoms in total. The molecule has 1 aliphatic rings. The highest BCUT2D eigenvalue weighted by atomic mass is 35.5. The average Bonchev–Trinajstić information content (AvgIpc) is 3.36. The summed E-state index contributed by atoms with van der Waals surface area (Å²) in [6, 6.07) is 12.8. The summed E-state index contributed by atoms with van der Waals surface area (Å²) in [7, 11) is 1.55. The van der Waals surface area contributed by atoms with E-state index < -0.39 is 23.5 Å². The number of anilines is 1. The van der Waals surface area contributed by atoms with Crippen LogP contribution in [0.3, 0.4) is 0 Å². The molecule has 1 unspecified atom stereocenters. The Bertz CT molecular complexity index is 1090. The number of ether oxygens (including phenoxy) is 1. The molecule has 3 aromatic rings. The number of ketones is 1. The second-order valence-electron chi connectivity index (χ2n) is 6.26. The number of aromatic nitrogens is 1. The number of carbonyl (C=O) groups excluding carboxylic acids is 2. The molecular weight excluding hydrogens is 412 g/mol. The van der Waals surface area contributed by atoms with Crippen molar-refractivity contribution >= 4 is 40.3 Å². The molecule has 0 saturated carbocycles. The minimum Gasteiger partial charge on any atom is -0.503 e. The van der Waals surface area contributed by atoms with Gasteiger partial charge in [0, 0.05) is 22.3 Å². The number of thiazole rings is 1. The van der Waals surface area contributed by atoms with Gasteiger partial charge in [0.05, 0.1) is 18.7 Å². The number of benzene rings is 2. The standard InChI is InChI=1S/C21H15ClN2O4S/c1-28-15-8-2-12(3-9-15)17-16(18(25)20-23-10-11-29-20)19(26)21(27)24(17)14-6-4-13(22)5-7-14/h2-11,17,26H,1H3. The van der Waals surface area contributed by atoms with Crippen LogP contribution in [0.15, 0.2) is 71.4 Å². The van der Waals surface area contributed by atoms with Gasteiger partial charge < -0.3 is 9.84 Å². The van der Waals surface area contributed by atoms with E-state index in [-0.39, 0.29) is 10.6 Å². The summed E-state index contributed by atoms with van der Waals surface area (Å²) < 4.78 is 5.20. The van der Waals surface area contributed by atoms with Gasteiger partial charge in [0.2, 0.25) is 5.78 Å². The summed E-state index contributed by atoms with van der Waals surface area (Å²) in [5.74, 6) is -1.09. The fraction of sp³-hybridized carbons (Fsp3) is 0.0952. The molecule has 146 valence electrons. The Kier molecular flexibility index (Phi) is 5.08. The quantitative estimate of drug-likeness (QED) is 0.603. The van der Waals surface area contributed by atoms with Gasteiger partial charge in [-0.25, -0.2) is 4.98 Å². The average molecular weight is 427 g/mol. The summed E-state index contributed by atoms with van der Waals surface area (Å²) in [4.78, 5) is 31.5. The highest BCUT2D eigenvalue weighted by Gasteiger charge is 2.45. The highest BCUT2D eigenvalue weighted by molar-refractivity contribution is 7.11. The molecule has 0 fully saturated rings. The maximum absolute atomic E-state index is 13.1. The molecule has 4 rings (SSSR count). The van der Waals surface area contributed by atoms with Gasteiger partial charge in [0.25, 0.3) is 5.91 Å². The van der Waals surface area contributed by atoms with Crippen LogP contribution in [-0.2, 0) is 4.79 Å². The number of amides is 1. The van der Waals surface area contributed by atoms with Crippen molar-refractivity contribution in [2.24, 2.45) is 0 Å². The zero-order valence-electron chi connectivity index (χ0n) is 15.2. The van der Waals surface area contributed by atoms with Gasteiger partial charge in [-0.05, 0) is 42.0 Å². The molecule has 0 bridgehead atoms. The number of carbonyl (C=O) groups is 2. The Labute approximate surface area is 175 Å². The first-order chi connectivity index (χ1) is 14.0. The molecule has 1 aromatic heterocycles. The van der Waals surface area contributed by atoms with Crippen LogP contribution in [0, 0.1) is 0 Å². The third-order valence-corrected chi connectivity index (χ3v) is 5.64. The molecule has 1 atom stereocenters. The lowest BCUT2D eigenvalue weighted by atomic mass is 9.96. The Hall–Kier alpha value is -3.16. The van der Waals surface area contributed by atoms with Crippen LogP contribution in [0.2, 0.25) is 5.02 Å². The van der Waals surface area contributed by atoms with Crippen LogP contribution < -0.4 is 9.64 Å². The molecule has 1 amide bonds. The second-order valence-corrected chi connectivity index (χ2v) is 7.59. The summed E-state index contributed by atoms with van der Waals surface area (Å²) in [5, 5.41) is 13.0. The Morgan fingerprint density at radius 3 is 2.45 bits per heavy atom. The zero-order valence-corrected chi connectivity index (χ0v) is 16.8. The topological polar surface area (TPSA) is 79.7 Å². The smallest absolute Gasteiger partial charge is 0.294 e. The van der Waals surface area contributed by atoms with Crippen molar-refractivity contribution < 1.29 is 19.4 Å². The lowest BCUT2D eigenvalue weighted by Crippen LogP contribution is -2.31. The van der Waals surface area contributed by atoms with Gasteiger partial charge in [-0.3, -0.25) is 14.5 Å². The molecule has 2 aromatic carbocycles. The molecule has 29 heavy (non-hydrogen) atoms. The van der Waals surface area contributed by atoms with Gasteiger partial charge >= 0.3 is 0 Å². The van der Waals surface area contributed by atoms with Crippen molar-refractivity contribution in [3.05, 3.63) is 87.0 Å². The molecule has 0 spiro atoms. The molecule has 0 aliphatic carbocycles. The van der Waals surface area contributed by atoms with Gasteiger partial charge in [-0.2, -0.15) is 0 Å². The van der Waals surface area contributed by atoms with Crippen molar-refractivity contribution in [1.29, 1.82) is 0 Å². The minimum atomic E-state index is -0.814. The molecular formula is C21H15ClN2O4S. The van der Waals surface area contributed by atoms with Crippen LogP contribution in [0.5, 0.6) is 5.75 Å². The fourth-order valence-corrected chi connectivity index (χ4v) is 3.97. The van der Waals surface area contributed by atoms with Crippen LogP contribution in [0.25, 0.3) is 0 Å². The Morgan fingerprint density at radius 1 is 1.17 bits per heavy atom. The van der Waals surface area contributed by atoms with Crippen molar-refractivity contribution in [2.45, 2.75) is 6.04 Å². The first kappa shape index (κ1) is 19.2. The number of rotatable bonds is 5. The van der Waals surface area contributed by atoms with Gasteiger partial charge in [-0.1, -0.05) is 23.7 Å². The number of hydrogen-bond acceptors (Lipinski definition) is 6. The van der Waals surface area contributed by atoms with E-state index >= 15 is 0 Å². The van der Waals surface area contributed by atoms with E-state index in [0.717, 1.165) is 11.3 Å². The van der Waals surface area contributed by atoms with E-state index in [9.17, 15) is 14.7 Å². The lowest BCUT2D eigenvalue weighted by molar-refractivity contribution is -0.117. The summed E-state index contributed by atoms with van der Waals surface area (Å²) >= 11 is 7.13. The van der Waals surface area contributed by atoms with Crippen LogP contribution in [0.4, 0.5) is 5.69 Å². The van der Waals surface area contributed by atoms with Gasteiger partial charge in [0.1, 0.15) is 5.75 Å². The van der Waals surface area contributed by atoms with Crippen molar-refractivity contribution in [2.75, 3.05) is 12.0 Å². The third kappa shape index (κ3) is 3.39. The Balaban J connectivity index is 1.86. The van der Waals surface area contributed by atoms with Crippen molar-refractivity contribution in [3.8, 4) is 5.75 Å². The third-order valence-electron chi connectivity index (χ3n) is 4.62. The second kappa shape index (κ2) is 7.69. The number of halogens is 1. The SMILES string of the molecule is COc1ccc(C2C(C(=O)c3nccs3)=C(O)C(=O)N2c2ccc(Cl)cc2)cc1. The lowest BCUT2D eigenvalue weighted by Gasteiger charge is -2.27. The number of Topliss-reactive ketones (excluding diaryl/α,β-unsaturated/α-hetero) is 1. The summed E-state index contributed by atoms with van der Waals surface area (Å²) in [6.45, 7) is 0. The molecule has 8 heteroatoms. The van der Waals surface area contributed by atoms with Crippen molar-refractivity contribution in [3.63, 3.8) is 0 Å². The first-order valence-electron chi connectivity index (χ1n) is 8.61. The number of aliphatic hydroxyl groups is 1. The molecule has 0 radical (unpaired) electrons. The predicted molar refractivity (Wildman–Crippen MR) is 111 cm³/mol. The van der Waals surface area contributed by atoms with Crippen LogP contribution >= 0.6 is 22.9 Å². The molecule has 1 N–H and O–H groups in total. The highest BCUT2D eigenvalue weighted by Crippen LogP contribution is 2.42. The number of hydrogen-bond donors (Lipinski definition) is 1. The van der Waals surface area contributed by atoms with Gasteiger partial charge in [0.15, 0.2) is 10.8 Å². The van der Waals surface area contributed by atoms with Crippen LogP contribution in [-0.4, -0.2) is 28.9 Å². The summed E-state index contributed by atoms with van der Waals surface area (Å²) in [5.41, 5.74) is 1.15. The monoisotopic (exact) mass is 426 g/mol. The largest absolute Gasteiger partial charge is 0.503 e. The van der Waals surface area contributed by atoms with E-state index in [4.69, 9.17) is 16.3 Å².